The predicted octanol–water partition coefficient (Wildman–Crippen LogP) is 3.98. The molecule has 1 aliphatic carbocycles. The van der Waals surface area contributed by atoms with Gasteiger partial charge in [0, 0.05) is 18.3 Å². The number of carbonyl (C=O) groups is 2. The number of carbonyl (C=O) groups excluding carboxylic acids is 2. The third-order valence-corrected chi connectivity index (χ3v) is 5.62. The molecule has 0 spiro atoms. The largest absolute Gasteiger partial charge is 0.469 e. The van der Waals surface area contributed by atoms with Gasteiger partial charge < -0.3 is 14.9 Å². The summed E-state index contributed by atoms with van der Waals surface area (Å²) >= 11 is 0. The monoisotopic (exact) mass is 394 g/mol. The quantitative estimate of drug-likeness (QED) is 0.386. The smallest absolute Gasteiger partial charge is 0.308 e. The Bertz CT molecular complexity index is 549. The maximum Gasteiger partial charge on any atom is 0.308 e. The first-order valence-corrected chi connectivity index (χ1v) is 10.5. The Labute approximate surface area is 169 Å². The number of ether oxygens (including phenoxy) is 1. The number of esters is 1. The highest BCUT2D eigenvalue weighted by Gasteiger charge is 2.39. The van der Waals surface area contributed by atoms with Gasteiger partial charge in [-0.2, -0.15) is 0 Å². The lowest BCUT2D eigenvalue weighted by molar-refractivity contribution is -0.144. The van der Waals surface area contributed by atoms with Gasteiger partial charge in [-0.15, -0.1) is 0 Å². The highest BCUT2D eigenvalue weighted by molar-refractivity contribution is 5.84. The number of ketones is 1. The molecule has 0 aliphatic heterocycles. The molecule has 0 aromatic carbocycles. The highest BCUT2D eigenvalue weighted by Crippen LogP contribution is 2.34. The average Bonchev–Trinajstić information content (AvgIpc) is 2.92. The van der Waals surface area contributed by atoms with Crippen molar-refractivity contribution in [2.45, 2.75) is 83.8 Å². The van der Waals surface area contributed by atoms with Gasteiger partial charge in [-0.3, -0.25) is 9.59 Å². The Balaban J connectivity index is 2.53. The first kappa shape index (κ1) is 24.6. The van der Waals surface area contributed by atoms with Crippen LogP contribution in [0.1, 0.15) is 72.1 Å². The SMILES string of the molecule is CCCCC(C)(O)C/C=C/C1C(O)CC(=O)C1CC/C=C\CC(C)C(=O)OC. The summed E-state index contributed by atoms with van der Waals surface area (Å²) in [5, 5.41) is 20.6. The van der Waals surface area contributed by atoms with Crippen LogP contribution >= 0.6 is 0 Å². The highest BCUT2D eigenvalue weighted by atomic mass is 16.5. The fourth-order valence-corrected chi connectivity index (χ4v) is 3.72. The minimum Gasteiger partial charge on any atom is -0.469 e. The molecule has 5 atom stereocenters. The summed E-state index contributed by atoms with van der Waals surface area (Å²) in [6.45, 7) is 5.76. The fraction of sp³-hybridized carbons (Fsp3) is 0.739. The second-order valence-electron chi connectivity index (χ2n) is 8.36. The van der Waals surface area contributed by atoms with E-state index in [0.717, 1.165) is 25.7 Å². The zero-order valence-corrected chi connectivity index (χ0v) is 17.9. The van der Waals surface area contributed by atoms with Gasteiger partial charge in [0.15, 0.2) is 0 Å². The van der Waals surface area contributed by atoms with E-state index in [4.69, 9.17) is 4.74 Å². The lowest BCUT2D eigenvalue weighted by Gasteiger charge is -2.22. The van der Waals surface area contributed by atoms with E-state index in [1.54, 1.807) is 0 Å². The molecule has 0 aromatic rings. The normalized spacial score (nSPS) is 26.1. The molecular weight excluding hydrogens is 356 g/mol. The van der Waals surface area contributed by atoms with Crippen LogP contribution in [0, 0.1) is 17.8 Å². The van der Waals surface area contributed by atoms with Gasteiger partial charge in [-0.05, 0) is 39.0 Å². The number of allylic oxidation sites excluding steroid dienone is 2. The van der Waals surface area contributed by atoms with Crippen molar-refractivity contribution in [1.82, 2.24) is 0 Å². The Kier molecular flexibility index (Phi) is 10.7. The Morgan fingerprint density at radius 3 is 2.71 bits per heavy atom. The number of unbranched alkanes of at least 4 members (excludes halogenated alkanes) is 1. The van der Waals surface area contributed by atoms with Crippen LogP contribution in [-0.4, -0.2) is 40.8 Å². The maximum atomic E-state index is 12.3. The molecule has 0 saturated heterocycles. The number of hydrogen-bond donors (Lipinski definition) is 2. The lowest BCUT2D eigenvalue weighted by atomic mass is 9.88. The van der Waals surface area contributed by atoms with Crippen LogP contribution in [0.25, 0.3) is 0 Å². The van der Waals surface area contributed by atoms with E-state index in [1.165, 1.54) is 7.11 Å². The Morgan fingerprint density at radius 1 is 1.36 bits per heavy atom. The van der Waals surface area contributed by atoms with E-state index in [9.17, 15) is 19.8 Å². The van der Waals surface area contributed by atoms with Crippen LogP contribution in [0.15, 0.2) is 24.3 Å². The lowest BCUT2D eigenvalue weighted by Crippen LogP contribution is -2.23. The molecule has 1 rings (SSSR count). The molecule has 5 unspecified atom stereocenters. The van der Waals surface area contributed by atoms with Crippen molar-refractivity contribution in [3.63, 3.8) is 0 Å². The molecule has 0 amide bonds. The van der Waals surface area contributed by atoms with Crippen molar-refractivity contribution in [2.75, 3.05) is 7.11 Å². The number of rotatable bonds is 12. The third kappa shape index (κ3) is 8.27. The summed E-state index contributed by atoms with van der Waals surface area (Å²) in [5.41, 5.74) is -0.741. The van der Waals surface area contributed by atoms with Crippen molar-refractivity contribution < 1.29 is 24.5 Å². The molecule has 1 fully saturated rings. The number of Topliss-reactive ketones (excluding diaryl/α,β-unsaturated/α-hetero) is 1. The molecule has 1 aliphatic rings. The molecule has 160 valence electrons. The van der Waals surface area contributed by atoms with Gasteiger partial charge in [0.25, 0.3) is 0 Å². The van der Waals surface area contributed by atoms with Crippen molar-refractivity contribution in [3.05, 3.63) is 24.3 Å². The molecule has 5 heteroatoms. The van der Waals surface area contributed by atoms with Crippen LogP contribution in [0.5, 0.6) is 0 Å². The second kappa shape index (κ2) is 12.2. The third-order valence-electron chi connectivity index (χ3n) is 5.62. The van der Waals surface area contributed by atoms with Crippen LogP contribution in [0.4, 0.5) is 0 Å². The molecule has 5 nitrogen and oxygen atoms in total. The van der Waals surface area contributed by atoms with E-state index < -0.39 is 11.7 Å². The van der Waals surface area contributed by atoms with Gasteiger partial charge in [0.2, 0.25) is 0 Å². The molecule has 0 heterocycles. The molecule has 2 N–H and O–H groups in total. The minimum atomic E-state index is -0.741. The number of hydrogen-bond acceptors (Lipinski definition) is 5. The van der Waals surface area contributed by atoms with Crippen molar-refractivity contribution in [2.24, 2.45) is 17.8 Å². The standard InChI is InChI=1S/C23H38O5/c1-5-6-14-23(3,27)15-10-13-19-18(20(24)16-21(19)25)12-9-7-8-11-17(2)22(26)28-4/h7-8,10,13,17-19,21,25,27H,5-6,9,11-12,14-16H2,1-4H3/b8-7-,13-10+. The molecule has 1 saturated carbocycles. The van der Waals surface area contributed by atoms with E-state index in [0.29, 0.717) is 19.3 Å². The van der Waals surface area contributed by atoms with Gasteiger partial charge in [-0.1, -0.05) is 51.0 Å². The molecular formula is C23H38O5. The van der Waals surface area contributed by atoms with Crippen LogP contribution in [0.3, 0.4) is 0 Å². The van der Waals surface area contributed by atoms with E-state index >= 15 is 0 Å². The summed E-state index contributed by atoms with van der Waals surface area (Å²) in [4.78, 5) is 23.6. The van der Waals surface area contributed by atoms with E-state index in [1.807, 2.05) is 38.2 Å². The average molecular weight is 395 g/mol. The second-order valence-corrected chi connectivity index (χ2v) is 8.36. The zero-order valence-electron chi connectivity index (χ0n) is 17.9. The van der Waals surface area contributed by atoms with E-state index in [-0.39, 0.29) is 35.9 Å². The zero-order chi connectivity index (χ0) is 21.2. The van der Waals surface area contributed by atoms with Crippen molar-refractivity contribution >= 4 is 11.8 Å². The fourth-order valence-electron chi connectivity index (χ4n) is 3.72. The number of aliphatic hydroxyl groups is 2. The van der Waals surface area contributed by atoms with Crippen LogP contribution < -0.4 is 0 Å². The molecule has 0 aromatic heterocycles. The summed E-state index contributed by atoms with van der Waals surface area (Å²) in [7, 11) is 1.39. The number of methoxy groups -OCH3 is 1. The van der Waals surface area contributed by atoms with Gasteiger partial charge in [0.1, 0.15) is 5.78 Å². The van der Waals surface area contributed by atoms with Gasteiger partial charge in [0.05, 0.1) is 24.7 Å². The van der Waals surface area contributed by atoms with Crippen molar-refractivity contribution in [3.8, 4) is 0 Å². The minimum absolute atomic E-state index is 0.108. The van der Waals surface area contributed by atoms with E-state index in [2.05, 4.69) is 6.92 Å². The van der Waals surface area contributed by atoms with Crippen molar-refractivity contribution in [1.29, 1.82) is 0 Å². The topological polar surface area (TPSA) is 83.8 Å². The molecule has 28 heavy (non-hydrogen) atoms. The maximum absolute atomic E-state index is 12.3. The van der Waals surface area contributed by atoms with Crippen LogP contribution in [0.2, 0.25) is 0 Å². The summed E-state index contributed by atoms with van der Waals surface area (Å²) < 4.78 is 4.70. The first-order valence-electron chi connectivity index (χ1n) is 10.5. The summed E-state index contributed by atoms with van der Waals surface area (Å²) in [6.07, 6.45) is 12.7. The molecule has 0 bridgehead atoms. The predicted molar refractivity (Wildman–Crippen MR) is 111 cm³/mol. The van der Waals surface area contributed by atoms with Crippen LogP contribution in [-0.2, 0) is 14.3 Å². The summed E-state index contributed by atoms with van der Waals surface area (Å²) in [6, 6.07) is 0. The van der Waals surface area contributed by atoms with Gasteiger partial charge in [-0.25, -0.2) is 0 Å². The Hall–Kier alpha value is -1.46. The Morgan fingerprint density at radius 2 is 2.07 bits per heavy atom. The molecule has 0 radical (unpaired) electrons. The summed E-state index contributed by atoms with van der Waals surface area (Å²) in [5.74, 6) is -0.659. The first-order chi connectivity index (χ1) is 13.2. The van der Waals surface area contributed by atoms with Gasteiger partial charge >= 0.3 is 5.97 Å². The number of aliphatic hydroxyl groups excluding tert-OH is 1.